The summed E-state index contributed by atoms with van der Waals surface area (Å²) >= 11 is 3.01. The number of nitrogens with zero attached hydrogens (tertiary/aromatic N) is 4. The Morgan fingerprint density at radius 3 is 2.11 bits per heavy atom. The molecule has 0 saturated heterocycles. The number of carbonyl (C=O) groups is 2. The van der Waals surface area contributed by atoms with Crippen LogP contribution in [0.1, 0.15) is 36.1 Å². The summed E-state index contributed by atoms with van der Waals surface area (Å²) in [6, 6.07) is 24.7. The summed E-state index contributed by atoms with van der Waals surface area (Å²) in [6.45, 7) is 4.06. The van der Waals surface area contributed by atoms with Gasteiger partial charge in [0.15, 0.2) is 11.0 Å². The van der Waals surface area contributed by atoms with Gasteiger partial charge >= 0.3 is 0 Å². The first-order chi connectivity index (χ1) is 17.9. The van der Waals surface area contributed by atoms with Crippen molar-refractivity contribution in [3.05, 3.63) is 90.3 Å². The number of rotatable bonds is 7. The predicted octanol–water partition coefficient (Wildman–Crippen LogP) is 5.86. The van der Waals surface area contributed by atoms with E-state index in [0.717, 1.165) is 21.2 Å². The molecule has 0 aliphatic carbocycles. The Bertz CT molecular complexity index is 1390. The molecule has 1 N–H and O–H groups in total. The third-order valence-corrected chi connectivity index (χ3v) is 8.28. The van der Waals surface area contributed by atoms with Gasteiger partial charge in [0.25, 0.3) is 5.91 Å². The highest BCUT2D eigenvalue weighted by Crippen LogP contribution is 2.48. The van der Waals surface area contributed by atoms with Crippen molar-refractivity contribution in [1.29, 1.82) is 0 Å². The van der Waals surface area contributed by atoms with Gasteiger partial charge < -0.3 is 9.88 Å². The molecule has 37 heavy (non-hydrogen) atoms. The second-order valence-corrected chi connectivity index (χ2v) is 11.0. The second kappa shape index (κ2) is 10.8. The standard InChI is InChI=1S/C28H27N5O2S2/c1-18(2)25(29-27(35)19-11-5-4-6-12-19)26-30-31-28(32(26)3)36-17-24(34)33-20-13-7-9-15-22(20)37-23-16-10-8-14-21(23)33/h4-16,18,25H,17H2,1-3H3,(H,29,35)/t25-/m0/s1. The molecule has 5 rings (SSSR count). The first-order valence-corrected chi connectivity index (χ1v) is 13.8. The number of amides is 2. The molecule has 0 fully saturated rings. The van der Waals surface area contributed by atoms with E-state index in [2.05, 4.69) is 15.5 Å². The van der Waals surface area contributed by atoms with Crippen LogP contribution >= 0.6 is 23.5 Å². The SMILES string of the molecule is CC(C)[C@H](NC(=O)c1ccccc1)c1nnc(SCC(=O)N2c3ccccc3Sc3ccccc32)n1C. The lowest BCUT2D eigenvalue weighted by atomic mass is 10.0. The van der Waals surface area contributed by atoms with E-state index in [4.69, 9.17) is 0 Å². The van der Waals surface area contributed by atoms with Crippen LogP contribution in [0.4, 0.5) is 11.4 Å². The van der Waals surface area contributed by atoms with E-state index in [0.29, 0.717) is 16.5 Å². The molecule has 1 aromatic heterocycles. The van der Waals surface area contributed by atoms with Crippen molar-refractivity contribution in [1.82, 2.24) is 20.1 Å². The summed E-state index contributed by atoms with van der Waals surface area (Å²) in [7, 11) is 1.87. The summed E-state index contributed by atoms with van der Waals surface area (Å²) in [5.41, 5.74) is 2.37. The fourth-order valence-corrected chi connectivity index (χ4v) is 6.06. The van der Waals surface area contributed by atoms with Crippen molar-refractivity contribution in [3.8, 4) is 0 Å². The molecule has 0 spiro atoms. The van der Waals surface area contributed by atoms with Crippen molar-refractivity contribution >= 4 is 46.7 Å². The highest BCUT2D eigenvalue weighted by Gasteiger charge is 2.29. The van der Waals surface area contributed by atoms with Gasteiger partial charge in [0.2, 0.25) is 5.91 Å². The van der Waals surface area contributed by atoms with Crippen LogP contribution in [-0.4, -0.2) is 32.3 Å². The van der Waals surface area contributed by atoms with Crippen LogP contribution in [0.15, 0.2) is 93.8 Å². The molecule has 2 heterocycles. The maximum atomic E-state index is 13.5. The largest absolute Gasteiger partial charge is 0.342 e. The quantitative estimate of drug-likeness (QED) is 0.302. The number of aromatic nitrogens is 3. The van der Waals surface area contributed by atoms with E-state index in [1.807, 2.05) is 92.2 Å². The maximum Gasteiger partial charge on any atom is 0.251 e. The Balaban J connectivity index is 1.34. The number of hydrogen-bond acceptors (Lipinski definition) is 6. The monoisotopic (exact) mass is 529 g/mol. The van der Waals surface area contributed by atoms with Crippen LogP contribution in [0.5, 0.6) is 0 Å². The zero-order chi connectivity index (χ0) is 25.9. The van der Waals surface area contributed by atoms with Gasteiger partial charge in [-0.2, -0.15) is 0 Å². The van der Waals surface area contributed by atoms with E-state index in [1.54, 1.807) is 28.8 Å². The van der Waals surface area contributed by atoms with E-state index >= 15 is 0 Å². The van der Waals surface area contributed by atoms with Crippen molar-refractivity contribution < 1.29 is 9.59 Å². The Labute approximate surface area is 224 Å². The first kappa shape index (κ1) is 25.1. The van der Waals surface area contributed by atoms with Gasteiger partial charge in [0.05, 0.1) is 23.2 Å². The molecule has 1 aliphatic heterocycles. The molecular weight excluding hydrogens is 502 g/mol. The molecule has 4 aromatic rings. The van der Waals surface area contributed by atoms with E-state index in [1.165, 1.54) is 11.8 Å². The predicted molar refractivity (Wildman–Crippen MR) is 147 cm³/mol. The molecule has 0 saturated carbocycles. The van der Waals surface area contributed by atoms with Crippen molar-refractivity contribution in [2.45, 2.75) is 34.8 Å². The number of benzene rings is 3. The highest BCUT2D eigenvalue weighted by atomic mass is 32.2. The van der Waals surface area contributed by atoms with Crippen LogP contribution in [0.25, 0.3) is 0 Å². The molecule has 1 atom stereocenters. The average molecular weight is 530 g/mol. The van der Waals surface area contributed by atoms with Gasteiger partial charge in [-0.3, -0.25) is 14.5 Å². The fourth-order valence-electron chi connectivity index (χ4n) is 4.23. The van der Waals surface area contributed by atoms with Gasteiger partial charge in [-0.05, 0) is 42.3 Å². The van der Waals surface area contributed by atoms with Crippen LogP contribution in [0, 0.1) is 5.92 Å². The highest BCUT2D eigenvalue weighted by molar-refractivity contribution is 8.00. The Hall–Kier alpha value is -3.56. The second-order valence-electron chi connectivity index (χ2n) is 9.02. The zero-order valence-corrected chi connectivity index (χ0v) is 22.4. The molecule has 1 aliphatic rings. The summed E-state index contributed by atoms with van der Waals surface area (Å²) in [4.78, 5) is 30.3. The third-order valence-electron chi connectivity index (χ3n) is 6.14. The average Bonchev–Trinajstić information content (AvgIpc) is 3.28. The Morgan fingerprint density at radius 1 is 0.892 bits per heavy atom. The minimum atomic E-state index is -0.326. The Morgan fingerprint density at radius 2 is 1.49 bits per heavy atom. The minimum Gasteiger partial charge on any atom is -0.342 e. The van der Waals surface area contributed by atoms with Gasteiger partial charge in [0, 0.05) is 22.4 Å². The summed E-state index contributed by atoms with van der Waals surface area (Å²) < 4.78 is 1.86. The lowest BCUT2D eigenvalue weighted by molar-refractivity contribution is -0.115. The molecule has 0 unspecified atom stereocenters. The van der Waals surface area contributed by atoms with E-state index < -0.39 is 0 Å². The lowest BCUT2D eigenvalue weighted by Crippen LogP contribution is -2.33. The topological polar surface area (TPSA) is 80.1 Å². The number of anilines is 2. The number of para-hydroxylation sites is 2. The molecule has 2 amide bonds. The summed E-state index contributed by atoms with van der Waals surface area (Å²) in [5.74, 6) is 0.745. The number of thioether (sulfide) groups is 1. The zero-order valence-electron chi connectivity index (χ0n) is 20.8. The van der Waals surface area contributed by atoms with Crippen LogP contribution in [-0.2, 0) is 11.8 Å². The third kappa shape index (κ3) is 5.14. The smallest absolute Gasteiger partial charge is 0.251 e. The van der Waals surface area contributed by atoms with Crippen molar-refractivity contribution in [3.63, 3.8) is 0 Å². The minimum absolute atomic E-state index is 0.0347. The van der Waals surface area contributed by atoms with Crippen LogP contribution in [0.2, 0.25) is 0 Å². The van der Waals surface area contributed by atoms with Crippen molar-refractivity contribution in [2.24, 2.45) is 13.0 Å². The molecule has 9 heteroatoms. The van der Waals surface area contributed by atoms with Crippen molar-refractivity contribution in [2.75, 3.05) is 10.7 Å². The Kier molecular flexibility index (Phi) is 7.34. The summed E-state index contributed by atoms with van der Waals surface area (Å²) in [6.07, 6.45) is 0. The normalized spacial score (nSPS) is 13.1. The number of carbonyl (C=O) groups excluding carboxylic acids is 2. The van der Waals surface area contributed by atoms with Gasteiger partial charge in [-0.25, -0.2) is 0 Å². The number of fused-ring (bicyclic) bond motifs is 2. The van der Waals surface area contributed by atoms with E-state index in [-0.39, 0.29) is 29.5 Å². The fraction of sp³-hybridized carbons (Fsp3) is 0.214. The maximum absolute atomic E-state index is 13.5. The molecule has 0 radical (unpaired) electrons. The number of nitrogens with one attached hydrogen (secondary N) is 1. The van der Waals surface area contributed by atoms with Gasteiger partial charge in [-0.1, -0.05) is 79.8 Å². The molecular formula is C28H27N5O2S2. The first-order valence-electron chi connectivity index (χ1n) is 12.0. The number of hydrogen-bond donors (Lipinski definition) is 1. The van der Waals surface area contributed by atoms with Gasteiger partial charge in [-0.15, -0.1) is 10.2 Å². The molecule has 3 aromatic carbocycles. The van der Waals surface area contributed by atoms with Crippen LogP contribution < -0.4 is 10.2 Å². The molecule has 7 nitrogen and oxygen atoms in total. The summed E-state index contributed by atoms with van der Waals surface area (Å²) in [5, 5.41) is 12.5. The lowest BCUT2D eigenvalue weighted by Gasteiger charge is -2.30. The van der Waals surface area contributed by atoms with Gasteiger partial charge in [0.1, 0.15) is 0 Å². The van der Waals surface area contributed by atoms with Crippen LogP contribution in [0.3, 0.4) is 0 Å². The van der Waals surface area contributed by atoms with E-state index in [9.17, 15) is 9.59 Å². The molecule has 0 bridgehead atoms. The molecule has 188 valence electrons.